The van der Waals surface area contributed by atoms with Crippen molar-refractivity contribution in [3.63, 3.8) is 0 Å². The molecule has 0 fully saturated rings. The van der Waals surface area contributed by atoms with Gasteiger partial charge in [-0.1, -0.05) is 0 Å². The van der Waals surface area contributed by atoms with Gasteiger partial charge in [-0.3, -0.25) is 4.79 Å². The van der Waals surface area contributed by atoms with E-state index in [1.54, 1.807) is 0 Å². The summed E-state index contributed by atoms with van der Waals surface area (Å²) in [6.07, 6.45) is -1.95. The van der Waals surface area contributed by atoms with E-state index >= 15 is 0 Å². The van der Waals surface area contributed by atoms with Crippen LogP contribution in [0, 0.1) is 0 Å². The Kier molecular flexibility index (Phi) is 1.14. The zero-order chi connectivity index (χ0) is 14.8. The van der Waals surface area contributed by atoms with Crippen LogP contribution in [-0.2, 0) is 4.79 Å². The van der Waals surface area contributed by atoms with E-state index in [9.17, 15) is 4.79 Å². The van der Waals surface area contributed by atoms with E-state index in [2.05, 4.69) is 5.11 Å². The van der Waals surface area contributed by atoms with Gasteiger partial charge in [-0.25, -0.2) is 0 Å². The van der Waals surface area contributed by atoms with Crippen LogP contribution in [0.2, 0.25) is 0 Å². The van der Waals surface area contributed by atoms with Crippen molar-refractivity contribution in [1.82, 2.24) is 0 Å². The van der Waals surface area contributed by atoms with Crippen LogP contribution in [0.1, 0.15) is 14.6 Å². The molecule has 0 aromatic carbocycles. The number of hydrogen-bond donors (Lipinski definition) is 2. The van der Waals surface area contributed by atoms with Gasteiger partial charge in [0, 0.05) is 0 Å². The largest absolute Gasteiger partial charge is 0.481 e. The van der Waals surface area contributed by atoms with E-state index in [4.69, 9.17) is 14.8 Å². The lowest BCUT2D eigenvalue weighted by Crippen LogP contribution is -2.42. The molecule has 2 N–H and O–H groups in total. The molecule has 0 unspecified atom stereocenters. The fourth-order valence-electron chi connectivity index (χ4n) is 0.667. The second kappa shape index (κ2) is 3.69. The van der Waals surface area contributed by atoms with Crippen molar-refractivity contribution in [3.8, 4) is 0 Å². The zero-order valence-electron chi connectivity index (χ0n) is 13.2. The summed E-state index contributed by atoms with van der Waals surface area (Å²) in [4.78, 5) is 10.5. The van der Waals surface area contributed by atoms with Crippen LogP contribution in [0.15, 0.2) is 0 Å². The summed E-state index contributed by atoms with van der Waals surface area (Å²) in [5.41, 5.74) is 0. The Bertz CT molecular complexity index is 286. The van der Waals surface area contributed by atoms with Crippen molar-refractivity contribution in [2.45, 2.75) is 12.5 Å². The summed E-state index contributed by atoms with van der Waals surface area (Å²) < 4.78 is 49.0. The van der Waals surface area contributed by atoms with Crippen LogP contribution in [-0.4, -0.2) is 55.7 Å². The quantitative estimate of drug-likeness (QED) is 0.547. The number of aliphatic carboxylic acids is 1. The molecule has 0 bridgehead atoms. The molecule has 0 radical (unpaired) electrons. The van der Waals surface area contributed by atoms with Gasteiger partial charge < -0.3 is 14.7 Å². The first-order valence-corrected chi connectivity index (χ1v) is 3.04. The van der Waals surface area contributed by atoms with Crippen molar-refractivity contribution in [2.24, 2.45) is 0 Å². The molecule has 0 spiro atoms. The standard InChI is InChI=1S/C7H15NO3/c1-8(2,3)5-6(9)4-7(10)11/h6,9H,4-5H2,1-3H3/p+1/t6-/m1/s1/i1D3,2D3,9D. The van der Waals surface area contributed by atoms with E-state index in [1.165, 1.54) is 0 Å². The third kappa shape index (κ3) is 7.29. The number of nitrogens with zero attached hydrogens (tertiary/aromatic N) is 1. The van der Waals surface area contributed by atoms with Crippen molar-refractivity contribution in [2.75, 3.05) is 27.5 Å². The number of carbonyl (C=O) groups is 1. The predicted octanol–water partition coefficient (Wildman–Crippen LogP) is -0.472. The number of likely N-dealkylation sites (N-methyl/N-ethyl adjacent to an activating group) is 1. The molecule has 0 aromatic heterocycles. The summed E-state index contributed by atoms with van der Waals surface area (Å²) >= 11 is 0. The highest BCUT2D eigenvalue weighted by atomic mass is 16.4. The number of rotatable bonds is 5. The second-order valence-electron chi connectivity index (χ2n) is 2.59. The molecular weight excluding hydrogens is 146 g/mol. The Balaban J connectivity index is 5.19. The maximum absolute atomic E-state index is 10.5. The molecule has 0 saturated carbocycles. The Morgan fingerprint density at radius 3 is 2.82 bits per heavy atom. The van der Waals surface area contributed by atoms with E-state index in [-0.39, 0.29) is 0 Å². The molecule has 0 amide bonds. The molecular formula is C7H16NO3+. The van der Waals surface area contributed by atoms with Gasteiger partial charge in [0.2, 0.25) is 1.43 Å². The zero-order valence-corrected chi connectivity index (χ0v) is 6.20. The lowest BCUT2D eigenvalue weighted by Gasteiger charge is -2.25. The molecule has 0 aliphatic rings. The van der Waals surface area contributed by atoms with Crippen molar-refractivity contribution in [3.05, 3.63) is 0 Å². The Morgan fingerprint density at radius 1 is 1.82 bits per heavy atom. The molecule has 0 aliphatic heterocycles. The maximum Gasteiger partial charge on any atom is 0.306 e. The van der Waals surface area contributed by atoms with Crippen LogP contribution in [0.25, 0.3) is 0 Å². The van der Waals surface area contributed by atoms with E-state index in [0.717, 1.165) is 7.05 Å². The molecule has 66 valence electrons. The molecule has 0 saturated heterocycles. The number of carboxylic acid groups (broad SMARTS) is 1. The second-order valence-corrected chi connectivity index (χ2v) is 2.59. The van der Waals surface area contributed by atoms with Gasteiger partial charge in [0.25, 0.3) is 0 Å². The van der Waals surface area contributed by atoms with Crippen molar-refractivity contribution < 1.29 is 27.7 Å². The van der Waals surface area contributed by atoms with E-state index in [1.807, 2.05) is 0 Å². The first-order chi connectivity index (χ1) is 7.85. The summed E-state index contributed by atoms with van der Waals surface area (Å²) in [5, 5.41) is 12.7. The number of carboxylic acids is 1. The average molecular weight is 169 g/mol. The Hall–Kier alpha value is -0.610. The van der Waals surface area contributed by atoms with Gasteiger partial charge in [-0.15, -0.1) is 0 Å². The molecule has 4 heteroatoms. The maximum atomic E-state index is 10.5. The Morgan fingerprint density at radius 2 is 2.45 bits per heavy atom. The van der Waals surface area contributed by atoms with Gasteiger partial charge in [0.1, 0.15) is 12.6 Å². The predicted molar refractivity (Wildman–Crippen MR) is 41.2 cm³/mol. The minimum absolute atomic E-state index is 0.622. The van der Waals surface area contributed by atoms with Gasteiger partial charge in [-0.2, -0.15) is 0 Å². The Labute approximate surface area is 76.6 Å². The summed E-state index contributed by atoms with van der Waals surface area (Å²) in [6.45, 7) is -6.37. The van der Waals surface area contributed by atoms with Gasteiger partial charge in [0.15, 0.2) is 0 Å². The highest BCUT2D eigenvalue weighted by Crippen LogP contribution is 1.98. The van der Waals surface area contributed by atoms with Gasteiger partial charge in [-0.05, 0) is 0 Å². The van der Waals surface area contributed by atoms with Crippen LogP contribution in [0.5, 0.6) is 0 Å². The average Bonchev–Trinajstić information content (AvgIpc) is 2.12. The lowest BCUT2D eigenvalue weighted by molar-refractivity contribution is -0.873. The number of aliphatic hydroxyl groups is 1. The molecule has 0 aromatic rings. The number of hydrogen-bond acceptors (Lipinski definition) is 2. The lowest BCUT2D eigenvalue weighted by atomic mass is 10.2. The highest BCUT2D eigenvalue weighted by molar-refractivity contribution is 5.67. The summed E-state index contributed by atoms with van der Waals surface area (Å²) in [7, 11) is 0.966. The normalized spacial score (nSPS) is 26.1. The molecule has 1 atom stereocenters. The topological polar surface area (TPSA) is 57.5 Å². The third-order valence-electron chi connectivity index (χ3n) is 0.971. The minimum Gasteiger partial charge on any atom is -0.481 e. The first-order valence-electron chi connectivity index (χ1n) is 6.45. The van der Waals surface area contributed by atoms with Crippen LogP contribution in [0.3, 0.4) is 0 Å². The number of aliphatic hydroxyl groups excluding tert-OH is 1. The molecule has 0 rings (SSSR count). The first kappa shape index (κ1) is 3.41. The van der Waals surface area contributed by atoms with E-state index in [0.29, 0.717) is 0 Å². The fourth-order valence-corrected chi connectivity index (χ4v) is 0.667. The monoisotopic (exact) mass is 169 g/mol. The molecule has 0 heterocycles. The van der Waals surface area contributed by atoms with Crippen LogP contribution >= 0.6 is 0 Å². The smallest absolute Gasteiger partial charge is 0.306 e. The van der Waals surface area contributed by atoms with Gasteiger partial charge in [0.05, 0.1) is 35.6 Å². The van der Waals surface area contributed by atoms with Crippen molar-refractivity contribution >= 4 is 5.97 Å². The minimum atomic E-state index is -2.87. The summed E-state index contributed by atoms with van der Waals surface area (Å²) in [5.74, 6) is -1.30. The fraction of sp³-hybridized carbons (Fsp3) is 0.857. The number of quaternary nitrogens is 1. The summed E-state index contributed by atoms with van der Waals surface area (Å²) in [6, 6.07) is 0. The van der Waals surface area contributed by atoms with E-state index < -0.39 is 43.5 Å². The van der Waals surface area contributed by atoms with Gasteiger partial charge >= 0.3 is 5.97 Å². The molecule has 4 nitrogen and oxygen atoms in total. The van der Waals surface area contributed by atoms with Crippen LogP contribution in [0.4, 0.5) is 0 Å². The molecule has 0 aliphatic carbocycles. The van der Waals surface area contributed by atoms with Crippen molar-refractivity contribution in [1.29, 1.82) is 1.43 Å². The third-order valence-corrected chi connectivity index (χ3v) is 0.971. The SMILES string of the molecule is [2H]O[C@H](CC(=O)O)C[N+](C)(C([2H])([2H])[2H])C([2H])([2H])[2H]. The molecule has 11 heavy (non-hydrogen) atoms. The van der Waals surface area contributed by atoms with Crippen LogP contribution < -0.4 is 0 Å². The highest BCUT2D eigenvalue weighted by Gasteiger charge is 2.17.